The van der Waals surface area contributed by atoms with Crippen LogP contribution in [0.2, 0.25) is 0 Å². The largest absolute Gasteiger partial charge is 0.349 e. The van der Waals surface area contributed by atoms with Crippen molar-refractivity contribution in [1.29, 1.82) is 0 Å². The van der Waals surface area contributed by atoms with E-state index < -0.39 is 0 Å². The van der Waals surface area contributed by atoms with Crippen molar-refractivity contribution in [1.82, 2.24) is 20.1 Å². The Morgan fingerprint density at radius 1 is 1.47 bits per heavy atom. The van der Waals surface area contributed by atoms with Crippen LogP contribution in [0.25, 0.3) is 0 Å². The first-order valence-corrected chi connectivity index (χ1v) is 6.34. The fourth-order valence-electron chi connectivity index (χ4n) is 1.83. The fraction of sp³-hybridized carbons (Fsp3) is 0.357. The van der Waals surface area contributed by atoms with Gasteiger partial charge in [0.1, 0.15) is 0 Å². The van der Waals surface area contributed by atoms with Crippen molar-refractivity contribution in [2.45, 2.75) is 32.9 Å². The average molecular weight is 258 g/mol. The summed E-state index contributed by atoms with van der Waals surface area (Å²) in [7, 11) is 0. The second-order valence-electron chi connectivity index (χ2n) is 4.55. The molecule has 0 aliphatic carbocycles. The van der Waals surface area contributed by atoms with E-state index >= 15 is 0 Å². The molecular weight excluding hydrogens is 240 g/mol. The van der Waals surface area contributed by atoms with Gasteiger partial charge in [0.15, 0.2) is 0 Å². The van der Waals surface area contributed by atoms with Gasteiger partial charge in [0.25, 0.3) is 0 Å². The van der Waals surface area contributed by atoms with Crippen molar-refractivity contribution in [3.63, 3.8) is 0 Å². The molecule has 0 saturated heterocycles. The van der Waals surface area contributed by atoms with E-state index in [2.05, 4.69) is 15.4 Å². The van der Waals surface area contributed by atoms with Crippen molar-refractivity contribution >= 4 is 5.91 Å². The fourth-order valence-corrected chi connectivity index (χ4v) is 1.83. The van der Waals surface area contributed by atoms with Gasteiger partial charge in [0.05, 0.1) is 11.7 Å². The predicted octanol–water partition coefficient (Wildman–Crippen LogP) is 1.85. The summed E-state index contributed by atoms with van der Waals surface area (Å²) in [5, 5.41) is 7.20. The van der Waals surface area contributed by atoms with E-state index in [9.17, 15) is 4.79 Å². The monoisotopic (exact) mass is 258 g/mol. The van der Waals surface area contributed by atoms with Gasteiger partial charge in [-0.3, -0.25) is 14.5 Å². The molecule has 2 aromatic rings. The third-order valence-electron chi connectivity index (χ3n) is 2.90. The van der Waals surface area contributed by atoms with Gasteiger partial charge >= 0.3 is 0 Å². The molecule has 0 aliphatic rings. The smallest absolute Gasteiger partial charge is 0.222 e. The number of rotatable bonds is 5. The maximum Gasteiger partial charge on any atom is 0.222 e. The molecule has 5 nitrogen and oxygen atoms in total. The molecule has 0 bridgehead atoms. The zero-order valence-electron chi connectivity index (χ0n) is 11.2. The van der Waals surface area contributed by atoms with Crippen molar-refractivity contribution in [2.24, 2.45) is 0 Å². The van der Waals surface area contributed by atoms with E-state index in [1.165, 1.54) is 0 Å². The van der Waals surface area contributed by atoms with E-state index in [0.29, 0.717) is 13.0 Å². The highest BCUT2D eigenvalue weighted by molar-refractivity contribution is 5.76. The summed E-state index contributed by atoms with van der Waals surface area (Å²) >= 11 is 0. The summed E-state index contributed by atoms with van der Waals surface area (Å²) in [4.78, 5) is 15.9. The van der Waals surface area contributed by atoms with E-state index in [0.717, 1.165) is 11.3 Å². The molecule has 1 N–H and O–H groups in total. The molecule has 2 heterocycles. The lowest BCUT2D eigenvalue weighted by molar-refractivity contribution is -0.122. The molecule has 1 unspecified atom stereocenters. The minimum atomic E-state index is -0.0273. The quantitative estimate of drug-likeness (QED) is 0.890. The lowest BCUT2D eigenvalue weighted by atomic mass is 10.1. The second kappa shape index (κ2) is 6.13. The lowest BCUT2D eigenvalue weighted by Crippen LogP contribution is -2.27. The molecule has 0 saturated carbocycles. The van der Waals surface area contributed by atoms with E-state index in [1.54, 1.807) is 17.1 Å². The summed E-state index contributed by atoms with van der Waals surface area (Å²) in [6, 6.07) is 5.72. The minimum Gasteiger partial charge on any atom is -0.349 e. The first kappa shape index (κ1) is 13.3. The lowest BCUT2D eigenvalue weighted by Gasteiger charge is -2.13. The Morgan fingerprint density at radius 2 is 2.32 bits per heavy atom. The van der Waals surface area contributed by atoms with Gasteiger partial charge in [-0.2, -0.15) is 5.10 Å². The molecule has 100 valence electrons. The average Bonchev–Trinajstić information content (AvgIpc) is 2.83. The van der Waals surface area contributed by atoms with Crippen LogP contribution >= 0.6 is 0 Å². The van der Waals surface area contributed by atoms with Crippen molar-refractivity contribution in [3.05, 3.63) is 48.0 Å². The number of amides is 1. The normalized spacial score (nSPS) is 12.1. The molecule has 2 aromatic heterocycles. The number of carbonyl (C=O) groups excluding carboxylic acids is 1. The van der Waals surface area contributed by atoms with Gasteiger partial charge in [-0.15, -0.1) is 0 Å². The first-order valence-electron chi connectivity index (χ1n) is 6.34. The Hall–Kier alpha value is -2.17. The van der Waals surface area contributed by atoms with Crippen LogP contribution in [0, 0.1) is 6.92 Å². The molecular formula is C14H18N4O. The third-order valence-corrected chi connectivity index (χ3v) is 2.90. The summed E-state index contributed by atoms with van der Waals surface area (Å²) in [5.74, 6) is 0.0181. The summed E-state index contributed by atoms with van der Waals surface area (Å²) in [6.45, 7) is 4.48. The number of nitrogens with one attached hydrogen (secondary N) is 1. The highest BCUT2D eigenvalue weighted by Gasteiger charge is 2.09. The predicted molar refractivity (Wildman–Crippen MR) is 72.4 cm³/mol. The van der Waals surface area contributed by atoms with Gasteiger partial charge < -0.3 is 5.32 Å². The third kappa shape index (κ3) is 3.91. The molecule has 1 amide bonds. The number of aromatic nitrogens is 3. The van der Waals surface area contributed by atoms with Gasteiger partial charge in [-0.1, -0.05) is 6.07 Å². The number of hydrogen-bond donors (Lipinski definition) is 1. The maximum atomic E-state index is 11.8. The number of pyridine rings is 1. The Kier molecular flexibility index (Phi) is 4.28. The second-order valence-corrected chi connectivity index (χ2v) is 4.55. The summed E-state index contributed by atoms with van der Waals surface area (Å²) in [6.07, 6.45) is 5.79. The highest BCUT2D eigenvalue weighted by atomic mass is 16.1. The maximum absolute atomic E-state index is 11.8. The van der Waals surface area contributed by atoms with Crippen LogP contribution < -0.4 is 5.32 Å². The Bertz CT molecular complexity index is 535. The van der Waals surface area contributed by atoms with E-state index in [4.69, 9.17) is 0 Å². The van der Waals surface area contributed by atoms with Crippen LogP contribution in [-0.4, -0.2) is 20.7 Å². The summed E-state index contributed by atoms with van der Waals surface area (Å²) < 4.78 is 1.78. The zero-order valence-corrected chi connectivity index (χ0v) is 11.2. The van der Waals surface area contributed by atoms with E-state index in [1.807, 2.05) is 38.2 Å². The van der Waals surface area contributed by atoms with Crippen LogP contribution in [0.3, 0.4) is 0 Å². The highest BCUT2D eigenvalue weighted by Crippen LogP contribution is 2.09. The standard InChI is InChI=1S/C14H18N4O/c1-11-5-8-18(17-11)9-6-14(19)16-12(2)13-4-3-7-15-10-13/h3-5,7-8,10,12H,6,9H2,1-2H3,(H,16,19). The molecule has 2 rings (SSSR count). The molecule has 1 atom stereocenters. The number of aryl methyl sites for hydroxylation is 2. The van der Waals surface area contributed by atoms with Crippen molar-refractivity contribution < 1.29 is 4.79 Å². The molecule has 19 heavy (non-hydrogen) atoms. The molecule has 0 radical (unpaired) electrons. The SMILES string of the molecule is Cc1ccn(CCC(=O)NC(C)c2cccnc2)n1. The van der Waals surface area contributed by atoms with Gasteiger partial charge in [-0.05, 0) is 31.5 Å². The molecule has 5 heteroatoms. The molecule has 0 aliphatic heterocycles. The minimum absolute atomic E-state index is 0.0181. The topological polar surface area (TPSA) is 59.8 Å². The first-order chi connectivity index (χ1) is 9.15. The number of nitrogens with zero attached hydrogens (tertiary/aromatic N) is 3. The van der Waals surface area contributed by atoms with E-state index in [-0.39, 0.29) is 11.9 Å². The zero-order chi connectivity index (χ0) is 13.7. The van der Waals surface area contributed by atoms with Crippen molar-refractivity contribution in [2.75, 3.05) is 0 Å². The Morgan fingerprint density at radius 3 is 2.95 bits per heavy atom. The van der Waals surface area contributed by atoms with Crippen LogP contribution in [0.1, 0.15) is 30.6 Å². The van der Waals surface area contributed by atoms with Crippen LogP contribution in [0.4, 0.5) is 0 Å². The molecule has 0 aromatic carbocycles. The number of hydrogen-bond acceptors (Lipinski definition) is 3. The Balaban J connectivity index is 1.81. The van der Waals surface area contributed by atoms with Crippen LogP contribution in [0.5, 0.6) is 0 Å². The van der Waals surface area contributed by atoms with Gasteiger partial charge in [-0.25, -0.2) is 0 Å². The number of carbonyl (C=O) groups is 1. The van der Waals surface area contributed by atoms with Gasteiger partial charge in [0, 0.05) is 31.6 Å². The Labute approximate surface area is 112 Å². The molecule has 0 spiro atoms. The van der Waals surface area contributed by atoms with Crippen LogP contribution in [-0.2, 0) is 11.3 Å². The van der Waals surface area contributed by atoms with Gasteiger partial charge in [0.2, 0.25) is 5.91 Å². The van der Waals surface area contributed by atoms with Crippen LogP contribution in [0.15, 0.2) is 36.8 Å². The summed E-state index contributed by atoms with van der Waals surface area (Å²) in [5.41, 5.74) is 1.97. The van der Waals surface area contributed by atoms with Crippen molar-refractivity contribution in [3.8, 4) is 0 Å². The molecule has 0 fully saturated rings.